The Morgan fingerprint density at radius 2 is 1.67 bits per heavy atom. The summed E-state index contributed by atoms with van der Waals surface area (Å²) >= 11 is 0. The third-order valence-electron chi connectivity index (χ3n) is 3.60. The summed E-state index contributed by atoms with van der Waals surface area (Å²) in [5, 5.41) is 20.4. The van der Waals surface area contributed by atoms with Crippen molar-refractivity contribution in [1.29, 1.82) is 0 Å². The number of aliphatic hydroxyl groups is 2. The second-order valence-electron chi connectivity index (χ2n) is 5.24. The molecule has 122 valence electrons. The van der Waals surface area contributed by atoms with Gasteiger partial charge >= 0.3 is 0 Å². The molecule has 21 heavy (non-hydrogen) atoms. The van der Waals surface area contributed by atoms with Crippen LogP contribution in [0, 0.1) is 5.92 Å². The minimum Gasteiger partial charge on any atom is -0.396 e. The van der Waals surface area contributed by atoms with Crippen molar-refractivity contribution in [1.82, 2.24) is 10.3 Å². The lowest BCUT2D eigenvalue weighted by Gasteiger charge is -2.21. The standard InChI is InChI=1S/C8H17NO.C8H11NO.ClH/c2*10-7-1-2-8-3-5-9-6-4-8;/h8-10H,1-7H2;3-6,10H,1-2,7H2;1H. The number of halogens is 1. The molecule has 1 fully saturated rings. The number of pyridine rings is 1. The molecule has 0 spiro atoms. The van der Waals surface area contributed by atoms with Crippen molar-refractivity contribution in [3.63, 3.8) is 0 Å². The lowest BCUT2D eigenvalue weighted by atomic mass is 9.93. The fourth-order valence-electron chi connectivity index (χ4n) is 2.38. The van der Waals surface area contributed by atoms with Gasteiger partial charge in [-0.1, -0.05) is 0 Å². The summed E-state index contributed by atoms with van der Waals surface area (Å²) in [7, 11) is 0. The van der Waals surface area contributed by atoms with Crippen molar-refractivity contribution in [3.05, 3.63) is 30.1 Å². The lowest BCUT2D eigenvalue weighted by Crippen LogP contribution is -2.27. The van der Waals surface area contributed by atoms with Gasteiger partial charge in [0.05, 0.1) is 0 Å². The number of hydrogen-bond donors (Lipinski definition) is 3. The fraction of sp³-hybridized carbons (Fsp3) is 0.688. The predicted octanol–water partition coefficient (Wildman–Crippen LogP) is 2.19. The molecule has 1 aliphatic rings. The second kappa shape index (κ2) is 14.3. The van der Waals surface area contributed by atoms with Crippen LogP contribution in [0.1, 0.15) is 37.7 Å². The number of aryl methyl sites for hydroxylation is 1. The molecule has 0 aromatic carbocycles. The van der Waals surface area contributed by atoms with Gasteiger partial charge in [-0.15, -0.1) is 12.4 Å². The lowest BCUT2D eigenvalue weighted by molar-refractivity contribution is 0.257. The van der Waals surface area contributed by atoms with E-state index in [4.69, 9.17) is 10.2 Å². The normalized spacial score (nSPS) is 14.8. The highest BCUT2D eigenvalue weighted by atomic mass is 35.5. The quantitative estimate of drug-likeness (QED) is 0.752. The first-order valence-corrected chi connectivity index (χ1v) is 7.68. The van der Waals surface area contributed by atoms with Crippen LogP contribution in [0.4, 0.5) is 0 Å². The molecule has 4 nitrogen and oxygen atoms in total. The molecular formula is C16H29ClN2O2. The molecule has 0 saturated carbocycles. The number of aliphatic hydroxyl groups excluding tert-OH is 2. The third-order valence-corrected chi connectivity index (χ3v) is 3.60. The molecule has 0 amide bonds. The van der Waals surface area contributed by atoms with Gasteiger partial charge in [0, 0.05) is 25.6 Å². The summed E-state index contributed by atoms with van der Waals surface area (Å²) in [6, 6.07) is 3.94. The second-order valence-corrected chi connectivity index (χ2v) is 5.24. The van der Waals surface area contributed by atoms with Crippen LogP contribution in [0.2, 0.25) is 0 Å². The van der Waals surface area contributed by atoms with Gasteiger partial charge in [-0.05, 0) is 75.2 Å². The number of nitrogens with one attached hydrogen (secondary N) is 1. The topological polar surface area (TPSA) is 65.4 Å². The SMILES string of the molecule is Cl.OCCCC1CCNCC1.OCCCc1ccncc1. The molecule has 1 aromatic rings. The summed E-state index contributed by atoms with van der Waals surface area (Å²) in [4.78, 5) is 3.89. The Bertz CT molecular complexity index is 319. The van der Waals surface area contributed by atoms with E-state index in [-0.39, 0.29) is 19.0 Å². The molecule has 2 rings (SSSR count). The largest absolute Gasteiger partial charge is 0.396 e. The molecule has 2 heterocycles. The number of hydrogen-bond acceptors (Lipinski definition) is 4. The zero-order chi connectivity index (χ0) is 14.5. The highest BCUT2D eigenvalue weighted by Crippen LogP contribution is 2.16. The zero-order valence-corrected chi connectivity index (χ0v) is 13.5. The van der Waals surface area contributed by atoms with Gasteiger partial charge in [0.1, 0.15) is 0 Å². The Morgan fingerprint density at radius 1 is 1.05 bits per heavy atom. The van der Waals surface area contributed by atoms with Crippen LogP contribution in [0.5, 0.6) is 0 Å². The van der Waals surface area contributed by atoms with Crippen molar-refractivity contribution in [2.75, 3.05) is 26.3 Å². The number of nitrogens with zero attached hydrogens (tertiary/aromatic N) is 1. The van der Waals surface area contributed by atoms with Crippen LogP contribution in [0.3, 0.4) is 0 Å². The Labute approximate surface area is 134 Å². The van der Waals surface area contributed by atoms with E-state index in [0.29, 0.717) is 6.61 Å². The van der Waals surface area contributed by atoms with Crippen LogP contribution in [-0.4, -0.2) is 41.5 Å². The highest BCUT2D eigenvalue weighted by Gasteiger charge is 2.11. The first-order chi connectivity index (χ1) is 9.86. The molecule has 1 aromatic heterocycles. The van der Waals surface area contributed by atoms with Crippen LogP contribution >= 0.6 is 12.4 Å². The summed E-state index contributed by atoms with van der Waals surface area (Å²) in [6.07, 6.45) is 10.1. The van der Waals surface area contributed by atoms with Crippen LogP contribution in [0.15, 0.2) is 24.5 Å². The van der Waals surface area contributed by atoms with E-state index in [0.717, 1.165) is 25.2 Å². The van der Waals surface area contributed by atoms with Crippen LogP contribution < -0.4 is 5.32 Å². The number of aromatic nitrogens is 1. The smallest absolute Gasteiger partial charge is 0.0434 e. The van der Waals surface area contributed by atoms with Crippen molar-refractivity contribution in [2.45, 2.75) is 38.5 Å². The molecule has 3 N–H and O–H groups in total. The molecule has 0 aliphatic carbocycles. The highest BCUT2D eigenvalue weighted by molar-refractivity contribution is 5.85. The molecule has 1 aliphatic heterocycles. The molecule has 5 heteroatoms. The Balaban J connectivity index is 0.000000364. The molecule has 0 atom stereocenters. The van der Waals surface area contributed by atoms with Gasteiger partial charge in [-0.2, -0.15) is 0 Å². The summed E-state index contributed by atoms with van der Waals surface area (Å²) in [5.41, 5.74) is 1.24. The van der Waals surface area contributed by atoms with E-state index in [9.17, 15) is 0 Å². The van der Waals surface area contributed by atoms with Crippen molar-refractivity contribution in [2.24, 2.45) is 5.92 Å². The first kappa shape index (κ1) is 20.3. The number of piperidine rings is 1. The van der Waals surface area contributed by atoms with Crippen LogP contribution in [0.25, 0.3) is 0 Å². The van der Waals surface area contributed by atoms with E-state index < -0.39 is 0 Å². The summed E-state index contributed by atoms with van der Waals surface area (Å²) in [6.45, 7) is 2.98. The minimum atomic E-state index is 0. The maximum Gasteiger partial charge on any atom is 0.0434 e. The van der Waals surface area contributed by atoms with Gasteiger partial charge < -0.3 is 15.5 Å². The van der Waals surface area contributed by atoms with Gasteiger partial charge in [0.15, 0.2) is 0 Å². The van der Waals surface area contributed by atoms with E-state index in [2.05, 4.69) is 10.3 Å². The average Bonchev–Trinajstić information content (AvgIpc) is 2.53. The average molecular weight is 317 g/mol. The van der Waals surface area contributed by atoms with E-state index >= 15 is 0 Å². The maximum absolute atomic E-state index is 8.58. The van der Waals surface area contributed by atoms with Crippen LogP contribution in [-0.2, 0) is 6.42 Å². The maximum atomic E-state index is 8.58. The van der Waals surface area contributed by atoms with Crippen molar-refractivity contribution < 1.29 is 10.2 Å². The van der Waals surface area contributed by atoms with Crippen molar-refractivity contribution >= 4 is 12.4 Å². The predicted molar refractivity (Wildman–Crippen MR) is 88.8 cm³/mol. The van der Waals surface area contributed by atoms with Crippen molar-refractivity contribution in [3.8, 4) is 0 Å². The Morgan fingerprint density at radius 3 is 2.24 bits per heavy atom. The molecular weight excluding hydrogens is 288 g/mol. The first-order valence-electron chi connectivity index (χ1n) is 7.68. The monoisotopic (exact) mass is 316 g/mol. The Kier molecular flexibility index (Phi) is 13.8. The van der Waals surface area contributed by atoms with E-state index in [1.807, 2.05) is 12.1 Å². The molecule has 0 unspecified atom stereocenters. The van der Waals surface area contributed by atoms with E-state index in [1.165, 1.54) is 37.9 Å². The van der Waals surface area contributed by atoms with E-state index in [1.54, 1.807) is 12.4 Å². The summed E-state index contributed by atoms with van der Waals surface area (Å²) < 4.78 is 0. The molecule has 0 radical (unpaired) electrons. The van der Waals surface area contributed by atoms with Gasteiger partial charge in [-0.25, -0.2) is 0 Å². The molecule has 0 bridgehead atoms. The van der Waals surface area contributed by atoms with Gasteiger partial charge in [0.25, 0.3) is 0 Å². The molecule has 1 saturated heterocycles. The fourth-order valence-corrected chi connectivity index (χ4v) is 2.38. The third kappa shape index (κ3) is 10.7. The minimum absolute atomic E-state index is 0. The number of rotatable bonds is 6. The zero-order valence-electron chi connectivity index (χ0n) is 12.7. The van der Waals surface area contributed by atoms with Gasteiger partial charge in [0.2, 0.25) is 0 Å². The Hall–Kier alpha value is -0.680. The summed E-state index contributed by atoms with van der Waals surface area (Å²) in [5.74, 6) is 0.883. The van der Waals surface area contributed by atoms with Gasteiger partial charge in [-0.3, -0.25) is 4.98 Å².